The van der Waals surface area contributed by atoms with Crippen molar-refractivity contribution in [3.8, 4) is 0 Å². The van der Waals surface area contributed by atoms with E-state index >= 15 is 0 Å². The predicted octanol–water partition coefficient (Wildman–Crippen LogP) is 2.29. The van der Waals surface area contributed by atoms with Gasteiger partial charge < -0.3 is 10.2 Å². The van der Waals surface area contributed by atoms with Gasteiger partial charge in [0, 0.05) is 31.4 Å². The molecule has 0 amide bonds. The monoisotopic (exact) mass is 256 g/mol. The first-order valence-electron chi connectivity index (χ1n) is 6.94. The predicted molar refractivity (Wildman–Crippen MR) is 76.6 cm³/mol. The molecule has 0 spiro atoms. The minimum atomic E-state index is 0.611. The summed E-state index contributed by atoms with van der Waals surface area (Å²) in [6.45, 7) is 16.7. The highest BCUT2D eigenvalue weighted by Crippen LogP contribution is 2.34. The second-order valence-electron chi connectivity index (χ2n) is 5.87. The van der Waals surface area contributed by atoms with E-state index in [1.54, 1.807) is 0 Å². The average Bonchev–Trinajstić information content (AvgIpc) is 2.92. The van der Waals surface area contributed by atoms with Crippen LogP contribution in [0.4, 0.5) is 11.5 Å². The van der Waals surface area contributed by atoms with Crippen LogP contribution in [0.3, 0.4) is 0 Å². The highest BCUT2D eigenvalue weighted by atomic mass is 15.2. The molecule has 1 N–H and O–H groups in total. The third-order valence-corrected chi connectivity index (χ3v) is 4.62. The smallest absolute Gasteiger partial charge is 0.211 e. The van der Waals surface area contributed by atoms with Crippen LogP contribution in [0.5, 0.6) is 0 Å². The lowest BCUT2D eigenvalue weighted by atomic mass is 9.95. The molecule has 1 aromatic heterocycles. The van der Waals surface area contributed by atoms with E-state index in [2.05, 4.69) is 33.0 Å². The van der Waals surface area contributed by atoms with Crippen molar-refractivity contribution < 1.29 is 0 Å². The van der Waals surface area contributed by atoms with Crippen LogP contribution < -0.4 is 10.2 Å². The number of hydrogen-bond acceptors (Lipinski definition) is 3. The van der Waals surface area contributed by atoms with Crippen LogP contribution in [0.2, 0.25) is 0 Å². The molecule has 0 saturated carbocycles. The molecule has 100 valence electrons. The second kappa shape index (κ2) is 4.50. The van der Waals surface area contributed by atoms with Crippen LogP contribution >= 0.6 is 0 Å². The fourth-order valence-electron chi connectivity index (χ4n) is 3.49. The second-order valence-corrected chi connectivity index (χ2v) is 5.87. The molecule has 1 aromatic rings. The lowest BCUT2D eigenvalue weighted by Crippen LogP contribution is -2.30. The fraction of sp³-hybridized carbons (Fsp3) is 0.600. The number of hydrogen-bond donors (Lipinski definition) is 1. The first-order chi connectivity index (χ1) is 9.10. The van der Waals surface area contributed by atoms with Gasteiger partial charge in [0.15, 0.2) is 0 Å². The van der Waals surface area contributed by atoms with E-state index in [4.69, 9.17) is 6.57 Å². The Hall–Kier alpha value is -1.60. The molecule has 0 aliphatic carbocycles. The van der Waals surface area contributed by atoms with Gasteiger partial charge in [0.1, 0.15) is 5.82 Å². The van der Waals surface area contributed by atoms with E-state index in [0.29, 0.717) is 11.7 Å². The van der Waals surface area contributed by atoms with E-state index in [9.17, 15) is 0 Å². The number of nitrogens with zero attached hydrogens (tertiary/aromatic N) is 3. The Balaban J connectivity index is 1.87. The number of aromatic nitrogens is 1. The largest absolute Gasteiger partial charge is 0.356 e. The molecule has 2 saturated heterocycles. The van der Waals surface area contributed by atoms with Gasteiger partial charge in [-0.1, -0.05) is 0 Å². The third kappa shape index (κ3) is 1.98. The Bertz CT molecular complexity index is 523. The van der Waals surface area contributed by atoms with Crippen molar-refractivity contribution in [3.05, 3.63) is 28.7 Å². The number of pyridine rings is 1. The van der Waals surface area contributed by atoms with E-state index < -0.39 is 0 Å². The summed E-state index contributed by atoms with van der Waals surface area (Å²) in [5.41, 5.74) is 2.60. The number of aryl methyl sites for hydroxylation is 2. The molecule has 3 atom stereocenters. The Morgan fingerprint density at radius 1 is 1.42 bits per heavy atom. The van der Waals surface area contributed by atoms with Gasteiger partial charge in [-0.2, -0.15) is 0 Å². The number of fused-ring (bicyclic) bond motifs is 1. The molecular formula is C15H20N4. The van der Waals surface area contributed by atoms with E-state index in [0.717, 1.165) is 48.5 Å². The van der Waals surface area contributed by atoms with Crippen molar-refractivity contribution in [3.63, 3.8) is 0 Å². The van der Waals surface area contributed by atoms with Gasteiger partial charge in [-0.3, -0.25) is 0 Å². The van der Waals surface area contributed by atoms with Crippen molar-refractivity contribution in [1.82, 2.24) is 10.3 Å². The van der Waals surface area contributed by atoms with Crippen molar-refractivity contribution in [2.75, 3.05) is 24.5 Å². The Morgan fingerprint density at radius 2 is 2.21 bits per heavy atom. The molecule has 19 heavy (non-hydrogen) atoms. The standard InChI is InChI=1S/C15H20N4/c1-9-5-14(18-11(3)15(9)16-4)19-7-12-6-17-10(2)13(12)8-19/h5,10,12-13,17H,6-8H2,1-3H3. The molecule has 3 rings (SSSR count). The van der Waals surface area contributed by atoms with Crippen molar-refractivity contribution in [2.45, 2.75) is 26.8 Å². The van der Waals surface area contributed by atoms with Gasteiger partial charge in [-0.05, 0) is 44.2 Å². The quantitative estimate of drug-likeness (QED) is 0.783. The maximum Gasteiger partial charge on any atom is 0.211 e. The molecule has 4 heteroatoms. The molecule has 2 aliphatic heterocycles. The molecular weight excluding hydrogens is 236 g/mol. The van der Waals surface area contributed by atoms with Crippen molar-refractivity contribution in [1.29, 1.82) is 0 Å². The zero-order valence-electron chi connectivity index (χ0n) is 11.8. The van der Waals surface area contributed by atoms with Gasteiger partial charge >= 0.3 is 0 Å². The Labute approximate surface area is 114 Å². The summed E-state index contributed by atoms with van der Waals surface area (Å²) >= 11 is 0. The van der Waals surface area contributed by atoms with Crippen molar-refractivity contribution >= 4 is 11.5 Å². The zero-order valence-corrected chi connectivity index (χ0v) is 11.8. The SMILES string of the molecule is [C-]#[N+]c1c(C)cc(N2CC3CNC(C)C3C2)nc1C. The fourth-order valence-corrected chi connectivity index (χ4v) is 3.49. The number of anilines is 1. The first kappa shape index (κ1) is 12.4. The molecule has 3 heterocycles. The average molecular weight is 256 g/mol. The van der Waals surface area contributed by atoms with Crippen LogP contribution in [0.1, 0.15) is 18.2 Å². The summed E-state index contributed by atoms with van der Waals surface area (Å²) in [5, 5.41) is 3.55. The summed E-state index contributed by atoms with van der Waals surface area (Å²) in [7, 11) is 0. The van der Waals surface area contributed by atoms with Gasteiger partial charge in [0.25, 0.3) is 0 Å². The minimum Gasteiger partial charge on any atom is -0.356 e. The molecule has 3 unspecified atom stereocenters. The van der Waals surface area contributed by atoms with Crippen LogP contribution in [0, 0.1) is 32.3 Å². The van der Waals surface area contributed by atoms with Crippen LogP contribution in [0.15, 0.2) is 6.07 Å². The summed E-state index contributed by atoms with van der Waals surface area (Å²) in [6.07, 6.45) is 0. The van der Waals surface area contributed by atoms with Crippen LogP contribution in [0.25, 0.3) is 4.85 Å². The lowest BCUT2D eigenvalue weighted by molar-refractivity contribution is 0.464. The number of nitrogens with one attached hydrogen (secondary N) is 1. The van der Waals surface area contributed by atoms with E-state index in [-0.39, 0.29) is 0 Å². The molecule has 0 bridgehead atoms. The molecule has 4 nitrogen and oxygen atoms in total. The molecule has 2 fully saturated rings. The molecule has 0 aromatic carbocycles. The maximum atomic E-state index is 7.20. The van der Waals surface area contributed by atoms with Gasteiger partial charge in [-0.25, -0.2) is 9.83 Å². The normalized spacial score (nSPS) is 29.4. The topological polar surface area (TPSA) is 32.5 Å². The van der Waals surface area contributed by atoms with Crippen molar-refractivity contribution in [2.24, 2.45) is 11.8 Å². The van der Waals surface area contributed by atoms with Gasteiger partial charge in [0.05, 0.1) is 6.57 Å². The molecule has 2 aliphatic rings. The maximum absolute atomic E-state index is 7.20. The number of rotatable bonds is 1. The third-order valence-electron chi connectivity index (χ3n) is 4.62. The summed E-state index contributed by atoms with van der Waals surface area (Å²) in [6, 6.07) is 2.68. The highest BCUT2D eigenvalue weighted by Gasteiger charge is 2.40. The van der Waals surface area contributed by atoms with Gasteiger partial charge in [0.2, 0.25) is 5.69 Å². The highest BCUT2D eigenvalue weighted by molar-refractivity contribution is 5.60. The Kier molecular flexibility index (Phi) is 2.94. The summed E-state index contributed by atoms with van der Waals surface area (Å²) < 4.78 is 0. The summed E-state index contributed by atoms with van der Waals surface area (Å²) in [5.74, 6) is 2.53. The van der Waals surface area contributed by atoms with E-state index in [1.807, 2.05) is 13.8 Å². The minimum absolute atomic E-state index is 0.611. The first-order valence-corrected chi connectivity index (χ1v) is 6.94. The zero-order chi connectivity index (χ0) is 13.6. The van der Waals surface area contributed by atoms with Crippen LogP contribution in [-0.2, 0) is 0 Å². The van der Waals surface area contributed by atoms with E-state index in [1.165, 1.54) is 0 Å². The van der Waals surface area contributed by atoms with Crippen LogP contribution in [-0.4, -0.2) is 30.7 Å². The Morgan fingerprint density at radius 3 is 2.84 bits per heavy atom. The molecule has 0 radical (unpaired) electrons. The lowest BCUT2D eigenvalue weighted by Gasteiger charge is -2.21. The van der Waals surface area contributed by atoms with Gasteiger partial charge in [-0.15, -0.1) is 0 Å². The summed E-state index contributed by atoms with van der Waals surface area (Å²) in [4.78, 5) is 10.6.